The van der Waals surface area contributed by atoms with E-state index in [-0.39, 0.29) is 21.7 Å². The Morgan fingerprint density at radius 2 is 1.83 bits per heavy atom. The standard InChI is InChI=1S/C21H20Cl2N2O3S/c1-3-9-25-20(27)18(12-13-10-16(22)19(26)17(23)11-13)29-21(25)24-14-5-7-15(8-6-14)28-4-2/h5-8,10-12,26H,3-4,9H2,1-2H3. The molecule has 0 atom stereocenters. The van der Waals surface area contributed by atoms with Crippen molar-refractivity contribution in [1.29, 1.82) is 0 Å². The molecule has 1 amide bonds. The van der Waals surface area contributed by atoms with Gasteiger partial charge in [0, 0.05) is 6.54 Å². The van der Waals surface area contributed by atoms with Gasteiger partial charge in [0.05, 0.1) is 27.2 Å². The number of rotatable bonds is 6. The Kier molecular flexibility index (Phi) is 7.11. The summed E-state index contributed by atoms with van der Waals surface area (Å²) >= 11 is 13.3. The van der Waals surface area contributed by atoms with Crippen LogP contribution in [0.15, 0.2) is 46.3 Å². The van der Waals surface area contributed by atoms with Gasteiger partial charge in [-0.25, -0.2) is 4.99 Å². The van der Waals surface area contributed by atoms with Crippen molar-refractivity contribution in [3.8, 4) is 11.5 Å². The smallest absolute Gasteiger partial charge is 0.266 e. The van der Waals surface area contributed by atoms with E-state index in [9.17, 15) is 9.90 Å². The molecule has 152 valence electrons. The molecule has 0 spiro atoms. The quantitative estimate of drug-likeness (QED) is 0.538. The summed E-state index contributed by atoms with van der Waals surface area (Å²) < 4.78 is 5.45. The number of hydrogen-bond donors (Lipinski definition) is 1. The predicted octanol–water partition coefficient (Wildman–Crippen LogP) is 6.11. The van der Waals surface area contributed by atoms with Crippen molar-refractivity contribution in [2.75, 3.05) is 13.2 Å². The lowest BCUT2D eigenvalue weighted by Crippen LogP contribution is -2.29. The summed E-state index contributed by atoms with van der Waals surface area (Å²) in [6, 6.07) is 10.5. The molecule has 3 rings (SSSR count). The van der Waals surface area contributed by atoms with Crippen molar-refractivity contribution in [3.63, 3.8) is 0 Å². The number of carbonyl (C=O) groups excluding carboxylic acids is 1. The Hall–Kier alpha value is -2.15. The van der Waals surface area contributed by atoms with Crippen LogP contribution >= 0.6 is 35.0 Å². The van der Waals surface area contributed by atoms with Crippen molar-refractivity contribution in [2.45, 2.75) is 20.3 Å². The molecule has 2 aromatic rings. The second-order valence-corrected chi connectivity index (χ2v) is 8.05. The number of aromatic hydroxyl groups is 1. The van der Waals surface area contributed by atoms with Crippen molar-refractivity contribution in [1.82, 2.24) is 4.90 Å². The van der Waals surface area contributed by atoms with Crippen LogP contribution in [-0.4, -0.2) is 34.2 Å². The van der Waals surface area contributed by atoms with Gasteiger partial charge >= 0.3 is 0 Å². The first-order valence-electron chi connectivity index (χ1n) is 9.14. The summed E-state index contributed by atoms with van der Waals surface area (Å²) in [5.41, 5.74) is 1.37. The van der Waals surface area contributed by atoms with Crippen LogP contribution in [0.4, 0.5) is 5.69 Å². The molecule has 29 heavy (non-hydrogen) atoms. The van der Waals surface area contributed by atoms with Gasteiger partial charge in [0.25, 0.3) is 5.91 Å². The Bertz CT molecular complexity index is 951. The molecule has 0 aromatic heterocycles. The van der Waals surface area contributed by atoms with Crippen molar-refractivity contribution in [2.24, 2.45) is 4.99 Å². The van der Waals surface area contributed by atoms with Gasteiger partial charge in [-0.2, -0.15) is 0 Å². The average Bonchev–Trinajstić information content (AvgIpc) is 2.97. The van der Waals surface area contributed by atoms with Crippen LogP contribution in [0.25, 0.3) is 6.08 Å². The highest BCUT2D eigenvalue weighted by Gasteiger charge is 2.32. The minimum Gasteiger partial charge on any atom is -0.505 e. The number of halogens is 2. The van der Waals surface area contributed by atoms with Crippen LogP contribution in [0.3, 0.4) is 0 Å². The van der Waals surface area contributed by atoms with Crippen molar-refractivity contribution >= 4 is 57.8 Å². The Morgan fingerprint density at radius 3 is 2.41 bits per heavy atom. The number of phenols is 1. The number of ether oxygens (including phenoxy) is 1. The first-order valence-corrected chi connectivity index (χ1v) is 10.7. The number of benzene rings is 2. The number of hydrogen-bond acceptors (Lipinski definition) is 5. The van der Waals surface area contributed by atoms with E-state index in [1.165, 1.54) is 11.8 Å². The molecule has 8 heteroatoms. The summed E-state index contributed by atoms with van der Waals surface area (Å²) in [6.07, 6.45) is 2.51. The van der Waals surface area contributed by atoms with E-state index >= 15 is 0 Å². The summed E-state index contributed by atoms with van der Waals surface area (Å²) in [5, 5.41) is 10.6. The Morgan fingerprint density at radius 1 is 1.17 bits per heavy atom. The topological polar surface area (TPSA) is 62.1 Å². The van der Waals surface area contributed by atoms with Crippen molar-refractivity contribution < 1.29 is 14.6 Å². The number of amidine groups is 1. The predicted molar refractivity (Wildman–Crippen MR) is 120 cm³/mol. The highest BCUT2D eigenvalue weighted by molar-refractivity contribution is 8.18. The molecule has 1 aliphatic rings. The third-order valence-corrected chi connectivity index (χ3v) is 5.63. The number of aliphatic imine (C=N–C) groups is 1. The van der Waals surface area contributed by atoms with Crippen LogP contribution in [0, 0.1) is 0 Å². The molecule has 1 N–H and O–H groups in total. The number of thioether (sulfide) groups is 1. The van der Waals surface area contributed by atoms with Crippen LogP contribution in [-0.2, 0) is 4.79 Å². The maximum Gasteiger partial charge on any atom is 0.266 e. The second kappa shape index (κ2) is 9.57. The lowest BCUT2D eigenvalue weighted by Gasteiger charge is -2.14. The first-order chi connectivity index (χ1) is 13.9. The van der Waals surface area contributed by atoms with Crippen molar-refractivity contribution in [3.05, 3.63) is 56.9 Å². The minimum atomic E-state index is -0.175. The fourth-order valence-electron chi connectivity index (χ4n) is 2.73. The van der Waals surface area contributed by atoms with Crippen LogP contribution in [0.2, 0.25) is 10.0 Å². The molecule has 0 unspecified atom stereocenters. The molecule has 1 fully saturated rings. The molecule has 0 aliphatic carbocycles. The van der Waals surface area contributed by atoms with E-state index in [0.717, 1.165) is 17.9 Å². The second-order valence-electron chi connectivity index (χ2n) is 6.22. The van der Waals surface area contributed by atoms with Gasteiger partial charge in [0.2, 0.25) is 0 Å². The molecule has 0 radical (unpaired) electrons. The van der Waals surface area contributed by atoms with Gasteiger partial charge in [-0.1, -0.05) is 30.1 Å². The number of nitrogens with zero attached hydrogens (tertiary/aromatic N) is 2. The summed E-state index contributed by atoms with van der Waals surface area (Å²) in [7, 11) is 0. The number of amides is 1. The highest BCUT2D eigenvalue weighted by Crippen LogP contribution is 2.37. The fraction of sp³-hybridized carbons (Fsp3) is 0.238. The SMILES string of the molecule is CCCN1C(=O)C(=Cc2cc(Cl)c(O)c(Cl)c2)SC1=Nc1ccc(OCC)cc1. The number of phenolic OH excluding ortho intramolecular Hbond substituents is 1. The van der Waals surface area contributed by atoms with Gasteiger partial charge in [-0.3, -0.25) is 9.69 Å². The monoisotopic (exact) mass is 450 g/mol. The molecule has 0 saturated carbocycles. The first kappa shape index (κ1) is 21.6. The zero-order chi connectivity index (χ0) is 21.0. The lowest BCUT2D eigenvalue weighted by atomic mass is 10.2. The molecule has 0 bridgehead atoms. The molecule has 1 aliphatic heterocycles. The minimum absolute atomic E-state index is 0.123. The van der Waals surface area contributed by atoms with Gasteiger partial charge in [-0.05, 0) is 73.1 Å². The number of carbonyl (C=O) groups is 1. The molecule has 5 nitrogen and oxygen atoms in total. The zero-order valence-corrected chi connectivity index (χ0v) is 18.3. The van der Waals surface area contributed by atoms with E-state index < -0.39 is 0 Å². The summed E-state index contributed by atoms with van der Waals surface area (Å²) in [6.45, 7) is 5.10. The molecule has 1 heterocycles. The lowest BCUT2D eigenvalue weighted by molar-refractivity contribution is -0.122. The average molecular weight is 451 g/mol. The highest BCUT2D eigenvalue weighted by atomic mass is 35.5. The summed E-state index contributed by atoms with van der Waals surface area (Å²) in [4.78, 5) is 19.7. The van der Waals surface area contributed by atoms with Gasteiger partial charge in [-0.15, -0.1) is 0 Å². The largest absolute Gasteiger partial charge is 0.505 e. The van der Waals surface area contributed by atoms with Crippen LogP contribution < -0.4 is 4.74 Å². The zero-order valence-electron chi connectivity index (χ0n) is 16.0. The van der Waals surface area contributed by atoms with Gasteiger partial charge in [0.15, 0.2) is 10.9 Å². The van der Waals surface area contributed by atoms with E-state index in [1.54, 1.807) is 23.1 Å². The van der Waals surface area contributed by atoms with Gasteiger partial charge < -0.3 is 9.84 Å². The third kappa shape index (κ3) is 5.07. The Labute approximate surface area is 184 Å². The normalized spacial score (nSPS) is 16.8. The Balaban J connectivity index is 1.91. The third-order valence-electron chi connectivity index (χ3n) is 4.04. The van der Waals surface area contributed by atoms with Crippen LogP contribution in [0.5, 0.6) is 11.5 Å². The van der Waals surface area contributed by atoms with Gasteiger partial charge in [0.1, 0.15) is 5.75 Å². The maximum atomic E-state index is 12.9. The van der Waals surface area contributed by atoms with E-state index in [1.807, 2.05) is 38.1 Å². The van der Waals surface area contributed by atoms with Crippen LogP contribution in [0.1, 0.15) is 25.8 Å². The molecular formula is C21H20Cl2N2O3S. The molecule has 1 saturated heterocycles. The molecular weight excluding hydrogens is 431 g/mol. The van der Waals surface area contributed by atoms with E-state index in [2.05, 4.69) is 4.99 Å². The molecule has 2 aromatic carbocycles. The maximum absolute atomic E-state index is 12.9. The van der Waals surface area contributed by atoms with E-state index in [4.69, 9.17) is 27.9 Å². The summed E-state index contributed by atoms with van der Waals surface area (Å²) in [5.74, 6) is 0.479. The van der Waals surface area contributed by atoms with E-state index in [0.29, 0.717) is 28.8 Å². The fourth-order valence-corrected chi connectivity index (χ4v) is 4.25.